The predicted molar refractivity (Wildman–Crippen MR) is 122 cm³/mol. The van der Waals surface area contributed by atoms with E-state index in [1.807, 2.05) is 84.3 Å². The zero-order valence-electron chi connectivity index (χ0n) is 16.2. The normalized spacial score (nSPS) is 10.7. The molecular formula is C23H19ClN4OS. The number of aryl methyl sites for hydroxylation is 1. The van der Waals surface area contributed by atoms with Gasteiger partial charge in [-0.3, -0.25) is 9.36 Å². The lowest BCUT2D eigenvalue weighted by Gasteiger charge is -2.08. The Morgan fingerprint density at radius 2 is 1.83 bits per heavy atom. The maximum absolute atomic E-state index is 12.4. The second-order valence-corrected chi connectivity index (χ2v) is 8.07. The van der Waals surface area contributed by atoms with Gasteiger partial charge in [0.2, 0.25) is 0 Å². The average molecular weight is 435 g/mol. The van der Waals surface area contributed by atoms with Gasteiger partial charge in [-0.2, -0.15) is 0 Å². The first-order valence-electron chi connectivity index (χ1n) is 9.35. The Bertz CT molecular complexity index is 1160. The van der Waals surface area contributed by atoms with Crippen molar-refractivity contribution in [1.29, 1.82) is 0 Å². The van der Waals surface area contributed by atoms with Gasteiger partial charge in [-0.05, 0) is 54.4 Å². The number of rotatable bonds is 6. The third-order valence-electron chi connectivity index (χ3n) is 4.57. The van der Waals surface area contributed by atoms with Crippen molar-refractivity contribution in [2.45, 2.75) is 17.8 Å². The fourth-order valence-corrected chi connectivity index (χ4v) is 3.92. The molecule has 0 saturated carbocycles. The van der Waals surface area contributed by atoms with E-state index in [0.717, 1.165) is 27.7 Å². The highest BCUT2D eigenvalue weighted by Crippen LogP contribution is 2.26. The Hall–Kier alpha value is -3.09. The number of para-hydroxylation sites is 1. The summed E-state index contributed by atoms with van der Waals surface area (Å²) in [6, 6.07) is 22.9. The topological polar surface area (TPSA) is 59.8 Å². The lowest BCUT2D eigenvalue weighted by atomic mass is 10.1. The van der Waals surface area contributed by atoms with E-state index in [0.29, 0.717) is 16.3 Å². The molecule has 3 aromatic carbocycles. The standard InChI is InChI=1S/C23H19ClN4OS/c1-16-7-12-20(13-21(16)24)28-15-25-27-23(28)30-14-17-8-10-18(11-9-17)22(29)26-19-5-3-2-4-6-19/h2-13,15H,14H2,1H3,(H,26,29). The first-order valence-corrected chi connectivity index (χ1v) is 10.7. The highest BCUT2D eigenvalue weighted by atomic mass is 35.5. The quantitative estimate of drug-likeness (QED) is 0.391. The molecule has 0 aliphatic heterocycles. The number of hydrogen-bond acceptors (Lipinski definition) is 4. The number of carbonyl (C=O) groups is 1. The third kappa shape index (κ3) is 4.72. The third-order valence-corrected chi connectivity index (χ3v) is 5.99. The smallest absolute Gasteiger partial charge is 0.255 e. The van der Waals surface area contributed by atoms with Gasteiger partial charge in [-0.25, -0.2) is 0 Å². The fourth-order valence-electron chi connectivity index (χ4n) is 2.86. The largest absolute Gasteiger partial charge is 0.322 e. The van der Waals surface area contributed by atoms with Crippen LogP contribution in [-0.2, 0) is 5.75 Å². The van der Waals surface area contributed by atoms with E-state index in [1.165, 1.54) is 0 Å². The molecule has 0 bridgehead atoms. The molecule has 4 rings (SSSR count). The van der Waals surface area contributed by atoms with E-state index in [4.69, 9.17) is 11.6 Å². The molecule has 30 heavy (non-hydrogen) atoms. The average Bonchev–Trinajstić information content (AvgIpc) is 3.24. The molecule has 5 nitrogen and oxygen atoms in total. The zero-order chi connectivity index (χ0) is 20.9. The SMILES string of the molecule is Cc1ccc(-n2cnnc2SCc2ccc(C(=O)Nc3ccccc3)cc2)cc1Cl. The van der Waals surface area contributed by atoms with Gasteiger partial charge >= 0.3 is 0 Å². The van der Waals surface area contributed by atoms with Gasteiger partial charge in [0.1, 0.15) is 6.33 Å². The number of hydrogen-bond donors (Lipinski definition) is 1. The van der Waals surface area contributed by atoms with Gasteiger partial charge in [-0.15, -0.1) is 10.2 Å². The van der Waals surface area contributed by atoms with Gasteiger partial charge in [0.25, 0.3) is 5.91 Å². The van der Waals surface area contributed by atoms with Gasteiger partial charge in [0.15, 0.2) is 5.16 Å². The molecule has 0 radical (unpaired) electrons. The number of carbonyl (C=O) groups excluding carboxylic acids is 1. The number of benzene rings is 3. The molecule has 0 spiro atoms. The molecule has 1 heterocycles. The fraction of sp³-hybridized carbons (Fsp3) is 0.0870. The molecule has 1 aromatic heterocycles. The Kier molecular flexibility index (Phi) is 6.16. The highest BCUT2D eigenvalue weighted by molar-refractivity contribution is 7.98. The van der Waals surface area contributed by atoms with Crippen LogP contribution in [-0.4, -0.2) is 20.7 Å². The van der Waals surface area contributed by atoms with Crippen molar-refractivity contribution in [2.75, 3.05) is 5.32 Å². The number of aromatic nitrogens is 3. The van der Waals surface area contributed by atoms with Gasteiger partial charge in [0, 0.05) is 22.0 Å². The summed E-state index contributed by atoms with van der Waals surface area (Å²) < 4.78 is 1.91. The Labute approximate surface area is 184 Å². The second kappa shape index (κ2) is 9.15. The number of anilines is 1. The summed E-state index contributed by atoms with van der Waals surface area (Å²) in [5, 5.41) is 12.6. The summed E-state index contributed by atoms with van der Waals surface area (Å²) in [5.74, 6) is 0.579. The highest BCUT2D eigenvalue weighted by Gasteiger charge is 2.10. The monoisotopic (exact) mass is 434 g/mol. The minimum absolute atomic E-state index is 0.128. The summed E-state index contributed by atoms with van der Waals surface area (Å²) in [7, 11) is 0. The summed E-state index contributed by atoms with van der Waals surface area (Å²) in [4.78, 5) is 12.4. The van der Waals surface area contributed by atoms with E-state index in [-0.39, 0.29) is 5.91 Å². The Morgan fingerprint density at radius 1 is 1.07 bits per heavy atom. The van der Waals surface area contributed by atoms with Crippen molar-refractivity contribution < 1.29 is 4.79 Å². The summed E-state index contributed by atoms with van der Waals surface area (Å²) in [6.45, 7) is 1.97. The van der Waals surface area contributed by atoms with Crippen molar-refractivity contribution in [3.63, 3.8) is 0 Å². The molecule has 0 aliphatic rings. The number of nitrogens with one attached hydrogen (secondary N) is 1. The molecule has 0 unspecified atom stereocenters. The minimum atomic E-state index is -0.128. The molecule has 150 valence electrons. The first kappa shape index (κ1) is 20.2. The van der Waals surface area contributed by atoms with Crippen LogP contribution in [0.25, 0.3) is 5.69 Å². The van der Waals surface area contributed by atoms with E-state index in [2.05, 4.69) is 15.5 Å². The van der Waals surface area contributed by atoms with Gasteiger partial charge in [0.05, 0.1) is 5.69 Å². The van der Waals surface area contributed by atoms with Crippen molar-refractivity contribution in [3.05, 3.63) is 101 Å². The van der Waals surface area contributed by atoms with Crippen molar-refractivity contribution in [1.82, 2.24) is 14.8 Å². The van der Waals surface area contributed by atoms with Crippen LogP contribution in [0.4, 0.5) is 5.69 Å². The Balaban J connectivity index is 1.41. The molecule has 1 amide bonds. The number of nitrogens with zero attached hydrogens (tertiary/aromatic N) is 3. The van der Waals surface area contributed by atoms with Crippen LogP contribution < -0.4 is 5.32 Å². The van der Waals surface area contributed by atoms with Gasteiger partial charge in [-0.1, -0.05) is 59.8 Å². The second-order valence-electron chi connectivity index (χ2n) is 6.72. The zero-order valence-corrected chi connectivity index (χ0v) is 17.8. The number of thioether (sulfide) groups is 1. The molecule has 0 fully saturated rings. The maximum Gasteiger partial charge on any atom is 0.255 e. The summed E-state index contributed by atoms with van der Waals surface area (Å²) in [6.07, 6.45) is 1.68. The van der Waals surface area contributed by atoms with Crippen LogP contribution in [0.3, 0.4) is 0 Å². The van der Waals surface area contributed by atoms with Crippen molar-refractivity contribution in [2.24, 2.45) is 0 Å². The molecule has 0 aliphatic carbocycles. The van der Waals surface area contributed by atoms with Gasteiger partial charge < -0.3 is 5.32 Å². The lowest BCUT2D eigenvalue weighted by molar-refractivity contribution is 0.102. The summed E-state index contributed by atoms with van der Waals surface area (Å²) in [5.41, 5.74) is 4.43. The summed E-state index contributed by atoms with van der Waals surface area (Å²) >= 11 is 7.83. The van der Waals surface area contributed by atoms with Crippen LogP contribution in [0.5, 0.6) is 0 Å². The Morgan fingerprint density at radius 3 is 2.57 bits per heavy atom. The van der Waals surface area contributed by atoms with E-state index in [9.17, 15) is 4.79 Å². The van der Waals surface area contributed by atoms with Crippen LogP contribution >= 0.6 is 23.4 Å². The minimum Gasteiger partial charge on any atom is -0.322 e. The molecule has 0 saturated heterocycles. The van der Waals surface area contributed by atoms with E-state index in [1.54, 1.807) is 18.1 Å². The lowest BCUT2D eigenvalue weighted by Crippen LogP contribution is -2.11. The molecule has 7 heteroatoms. The van der Waals surface area contributed by atoms with E-state index >= 15 is 0 Å². The number of halogens is 1. The predicted octanol–water partition coefficient (Wildman–Crippen LogP) is 5.77. The maximum atomic E-state index is 12.4. The van der Waals surface area contributed by atoms with E-state index < -0.39 is 0 Å². The van der Waals surface area contributed by atoms with Crippen LogP contribution in [0, 0.1) is 6.92 Å². The first-order chi connectivity index (χ1) is 14.6. The van der Waals surface area contributed by atoms with Crippen molar-refractivity contribution in [3.8, 4) is 5.69 Å². The number of amides is 1. The van der Waals surface area contributed by atoms with Crippen molar-refractivity contribution >= 4 is 35.0 Å². The molecular weight excluding hydrogens is 416 g/mol. The molecule has 4 aromatic rings. The molecule has 1 N–H and O–H groups in total. The van der Waals surface area contributed by atoms with Crippen LogP contribution in [0.15, 0.2) is 84.3 Å². The van der Waals surface area contributed by atoms with Crippen LogP contribution in [0.2, 0.25) is 5.02 Å². The molecule has 0 atom stereocenters. The van der Waals surface area contributed by atoms with Crippen LogP contribution in [0.1, 0.15) is 21.5 Å².